The number of rotatable bonds is 6. The van der Waals surface area contributed by atoms with Crippen LogP contribution in [0.25, 0.3) is 6.08 Å². The highest BCUT2D eigenvalue weighted by molar-refractivity contribution is 9.10. The van der Waals surface area contributed by atoms with Gasteiger partial charge in [-0.3, -0.25) is 4.79 Å². The van der Waals surface area contributed by atoms with E-state index >= 15 is 0 Å². The molecule has 0 bridgehead atoms. The maximum Gasteiger partial charge on any atom is 0.387 e. The van der Waals surface area contributed by atoms with E-state index in [9.17, 15) is 18.4 Å². The number of hydrogen-bond donors (Lipinski definition) is 0. The Morgan fingerprint density at radius 2 is 1.93 bits per heavy atom. The molecule has 156 valence electrons. The lowest BCUT2D eigenvalue weighted by Gasteiger charge is -2.11. The second-order valence-electron chi connectivity index (χ2n) is 5.87. The number of esters is 2. The molecule has 0 fully saturated rings. The lowest BCUT2D eigenvalue weighted by atomic mass is 10.1. The molecule has 30 heavy (non-hydrogen) atoms. The molecule has 0 unspecified atom stereocenters. The highest BCUT2D eigenvalue weighted by atomic mass is 79.9. The molecule has 1 aliphatic rings. The number of hydrogen-bond acceptors (Lipinski definition) is 7. The van der Waals surface area contributed by atoms with Gasteiger partial charge in [0.25, 0.3) is 0 Å². The average molecular weight is 482 g/mol. The molecule has 2 aromatic carbocycles. The smallest absolute Gasteiger partial charge is 0.387 e. The Morgan fingerprint density at radius 1 is 1.23 bits per heavy atom. The predicted molar refractivity (Wildman–Crippen MR) is 106 cm³/mol. The number of halogens is 3. The van der Waals surface area contributed by atoms with Crippen molar-refractivity contribution in [2.75, 3.05) is 7.11 Å². The fourth-order valence-corrected chi connectivity index (χ4v) is 3.08. The first-order chi connectivity index (χ1) is 14.3. The summed E-state index contributed by atoms with van der Waals surface area (Å²) in [6, 6.07) is 8.70. The summed E-state index contributed by atoms with van der Waals surface area (Å²) < 4.78 is 44.7. The lowest BCUT2D eigenvalue weighted by molar-refractivity contribution is -0.132. The van der Waals surface area contributed by atoms with E-state index in [1.807, 2.05) is 0 Å². The van der Waals surface area contributed by atoms with Gasteiger partial charge < -0.3 is 18.9 Å². The molecule has 7 nitrogen and oxygen atoms in total. The van der Waals surface area contributed by atoms with Gasteiger partial charge in [-0.25, -0.2) is 9.79 Å². The van der Waals surface area contributed by atoms with Crippen LogP contribution < -0.4 is 14.2 Å². The molecular weight excluding hydrogens is 468 g/mol. The summed E-state index contributed by atoms with van der Waals surface area (Å²) in [4.78, 5) is 27.6. The van der Waals surface area contributed by atoms with Crippen molar-refractivity contribution in [1.82, 2.24) is 0 Å². The Morgan fingerprint density at radius 3 is 2.53 bits per heavy atom. The normalized spacial score (nSPS) is 14.5. The third kappa shape index (κ3) is 5.01. The molecule has 10 heteroatoms. The number of methoxy groups -OCH3 is 1. The zero-order valence-electron chi connectivity index (χ0n) is 15.6. The molecule has 0 saturated carbocycles. The van der Waals surface area contributed by atoms with Crippen molar-refractivity contribution >= 4 is 39.8 Å². The van der Waals surface area contributed by atoms with Gasteiger partial charge in [0.1, 0.15) is 5.75 Å². The van der Waals surface area contributed by atoms with Crippen molar-refractivity contribution in [3.8, 4) is 17.2 Å². The van der Waals surface area contributed by atoms with Crippen molar-refractivity contribution in [2.24, 2.45) is 4.99 Å². The maximum absolute atomic E-state index is 12.2. The van der Waals surface area contributed by atoms with E-state index in [1.54, 1.807) is 12.1 Å². The van der Waals surface area contributed by atoms with Gasteiger partial charge in [-0.2, -0.15) is 8.78 Å². The minimum absolute atomic E-state index is 0.0205. The number of aliphatic imine (C=N–C) groups is 1. The standard InChI is InChI=1S/C20H14BrF2NO6/c1-10(25)28-17-14(21)7-11(9-16(17)27-2)8-15-19(26)30-18(24-15)12-3-5-13(6-4-12)29-20(22)23/h3-9,20H,1-2H3/b15-8-. The zero-order chi connectivity index (χ0) is 21.8. The molecule has 1 aliphatic heterocycles. The molecule has 1 heterocycles. The van der Waals surface area contributed by atoms with E-state index in [-0.39, 0.29) is 28.8 Å². The van der Waals surface area contributed by atoms with E-state index in [4.69, 9.17) is 14.2 Å². The van der Waals surface area contributed by atoms with E-state index in [0.717, 1.165) is 0 Å². The number of nitrogens with zero attached hydrogens (tertiary/aromatic N) is 1. The quantitative estimate of drug-likeness (QED) is 0.347. The minimum Gasteiger partial charge on any atom is -0.493 e. The number of ether oxygens (including phenoxy) is 4. The Kier molecular flexibility index (Phi) is 6.46. The molecule has 0 N–H and O–H groups in total. The summed E-state index contributed by atoms with van der Waals surface area (Å²) in [5, 5.41) is 0. The van der Waals surface area contributed by atoms with E-state index < -0.39 is 18.6 Å². The summed E-state index contributed by atoms with van der Waals surface area (Å²) in [7, 11) is 1.41. The molecule has 3 rings (SSSR count). The van der Waals surface area contributed by atoms with Crippen molar-refractivity contribution in [2.45, 2.75) is 13.5 Å². The first-order valence-corrected chi connectivity index (χ1v) is 9.20. The third-order valence-electron chi connectivity index (χ3n) is 3.75. The highest BCUT2D eigenvalue weighted by Crippen LogP contribution is 2.37. The van der Waals surface area contributed by atoms with E-state index in [0.29, 0.717) is 15.6 Å². The van der Waals surface area contributed by atoms with Crippen LogP contribution >= 0.6 is 15.9 Å². The Labute approximate surface area is 178 Å². The van der Waals surface area contributed by atoms with Gasteiger partial charge in [-0.1, -0.05) is 0 Å². The summed E-state index contributed by atoms with van der Waals surface area (Å²) in [5.41, 5.74) is 0.969. The topological polar surface area (TPSA) is 83.4 Å². The second kappa shape index (κ2) is 9.04. The van der Waals surface area contributed by atoms with Crippen molar-refractivity contribution in [3.05, 3.63) is 57.7 Å². The largest absolute Gasteiger partial charge is 0.493 e. The number of alkyl halides is 2. The first kappa shape index (κ1) is 21.4. The molecule has 0 spiro atoms. The SMILES string of the molecule is COc1cc(/C=C2\N=C(c3ccc(OC(F)F)cc3)OC2=O)cc(Br)c1OC(C)=O. The van der Waals surface area contributed by atoms with E-state index in [2.05, 4.69) is 25.7 Å². The molecular formula is C20H14BrF2NO6. The van der Waals surface area contributed by atoms with Crippen LogP contribution in [0.1, 0.15) is 18.1 Å². The second-order valence-corrected chi connectivity index (χ2v) is 6.72. The fraction of sp³-hybridized carbons (Fsp3) is 0.150. The molecule has 0 amide bonds. The van der Waals surface area contributed by atoms with Crippen molar-refractivity contribution in [3.63, 3.8) is 0 Å². The van der Waals surface area contributed by atoms with Gasteiger partial charge >= 0.3 is 18.6 Å². The fourth-order valence-electron chi connectivity index (χ4n) is 2.54. The Balaban J connectivity index is 1.88. The van der Waals surface area contributed by atoms with Crippen molar-refractivity contribution < 1.29 is 37.3 Å². The van der Waals surface area contributed by atoms with Crippen LogP contribution in [0.4, 0.5) is 8.78 Å². The Hall–Kier alpha value is -3.27. The van der Waals surface area contributed by atoms with Crippen LogP contribution in [0, 0.1) is 0 Å². The summed E-state index contributed by atoms with van der Waals surface area (Å²) in [6.07, 6.45) is 1.47. The molecule has 2 aromatic rings. The lowest BCUT2D eigenvalue weighted by Crippen LogP contribution is -2.06. The summed E-state index contributed by atoms with van der Waals surface area (Å²) in [6.45, 7) is -1.67. The molecule has 0 aromatic heterocycles. The number of benzene rings is 2. The van der Waals surface area contributed by atoms with Gasteiger partial charge in [0.15, 0.2) is 17.2 Å². The third-order valence-corrected chi connectivity index (χ3v) is 4.34. The van der Waals surface area contributed by atoms with Crippen LogP contribution in [0.3, 0.4) is 0 Å². The number of carbonyl (C=O) groups excluding carboxylic acids is 2. The summed E-state index contributed by atoms with van der Waals surface area (Å²) >= 11 is 3.30. The van der Waals surface area contributed by atoms with Crippen LogP contribution in [0.5, 0.6) is 17.2 Å². The molecule has 0 aliphatic carbocycles. The number of carbonyl (C=O) groups is 2. The highest BCUT2D eigenvalue weighted by Gasteiger charge is 2.25. The Bertz CT molecular complexity index is 1050. The average Bonchev–Trinajstić information content (AvgIpc) is 3.04. The van der Waals surface area contributed by atoms with Gasteiger partial charge in [-0.15, -0.1) is 0 Å². The van der Waals surface area contributed by atoms with Gasteiger partial charge in [0, 0.05) is 12.5 Å². The van der Waals surface area contributed by atoms with Crippen molar-refractivity contribution in [1.29, 1.82) is 0 Å². The predicted octanol–water partition coefficient (Wildman–Crippen LogP) is 4.33. The van der Waals surface area contributed by atoms with Crippen LogP contribution in [0.15, 0.2) is 51.6 Å². The van der Waals surface area contributed by atoms with Gasteiger partial charge in [-0.05, 0) is 64.0 Å². The number of cyclic esters (lactones) is 1. The first-order valence-electron chi connectivity index (χ1n) is 8.40. The van der Waals surface area contributed by atoms with Crippen LogP contribution in [0.2, 0.25) is 0 Å². The monoisotopic (exact) mass is 481 g/mol. The van der Waals surface area contributed by atoms with E-state index in [1.165, 1.54) is 44.4 Å². The van der Waals surface area contributed by atoms with Gasteiger partial charge in [0.2, 0.25) is 5.90 Å². The maximum atomic E-state index is 12.2. The molecule has 0 radical (unpaired) electrons. The molecule has 0 atom stereocenters. The van der Waals surface area contributed by atoms with Crippen LogP contribution in [-0.4, -0.2) is 31.6 Å². The minimum atomic E-state index is -2.93. The van der Waals surface area contributed by atoms with Gasteiger partial charge in [0.05, 0.1) is 11.6 Å². The summed E-state index contributed by atoms with van der Waals surface area (Å²) in [5.74, 6) is -0.722. The molecule has 0 saturated heterocycles. The zero-order valence-corrected chi connectivity index (χ0v) is 17.2. The van der Waals surface area contributed by atoms with Crippen LogP contribution in [-0.2, 0) is 14.3 Å².